The summed E-state index contributed by atoms with van der Waals surface area (Å²) >= 11 is 0. The van der Waals surface area contributed by atoms with Gasteiger partial charge in [-0.05, 0) is 95.0 Å². The summed E-state index contributed by atoms with van der Waals surface area (Å²) in [7, 11) is 0. The number of nitrogens with zero attached hydrogens (tertiary/aromatic N) is 2. The maximum Gasteiger partial charge on any atom is 0.331 e. The molecule has 0 aliphatic carbocycles. The lowest BCUT2D eigenvalue weighted by Crippen LogP contribution is -2.40. The molecule has 248 valence electrons. The number of carbonyl (C=O) groups is 2. The van der Waals surface area contributed by atoms with Crippen molar-refractivity contribution in [1.82, 2.24) is 9.80 Å². The quantitative estimate of drug-likeness (QED) is 0.132. The van der Waals surface area contributed by atoms with Gasteiger partial charge in [0.1, 0.15) is 5.75 Å². The number of carboxylic acids is 1. The van der Waals surface area contributed by atoms with Crippen molar-refractivity contribution in [2.75, 3.05) is 39.3 Å². The van der Waals surface area contributed by atoms with Gasteiger partial charge < -0.3 is 19.6 Å². The summed E-state index contributed by atoms with van der Waals surface area (Å²) in [4.78, 5) is 30.4. The van der Waals surface area contributed by atoms with E-state index in [4.69, 9.17) is 4.74 Å². The Morgan fingerprint density at radius 3 is 2.35 bits per heavy atom. The summed E-state index contributed by atoms with van der Waals surface area (Å²) in [6, 6.07) is 29.4. The van der Waals surface area contributed by atoms with Crippen LogP contribution in [0.3, 0.4) is 0 Å². The van der Waals surface area contributed by atoms with Crippen LogP contribution in [0, 0.1) is 5.41 Å². The second-order valence-electron chi connectivity index (χ2n) is 13.9. The predicted octanol–water partition coefficient (Wildman–Crippen LogP) is 8.37. The van der Waals surface area contributed by atoms with Crippen molar-refractivity contribution in [3.8, 4) is 5.75 Å². The Bertz CT molecular complexity index is 1810. The number of amides is 1. The minimum absolute atomic E-state index is 0.0170. The smallest absolute Gasteiger partial charge is 0.331 e. The van der Waals surface area contributed by atoms with E-state index in [1.807, 2.05) is 71.6 Å². The Labute approximate surface area is 284 Å². The number of aliphatic carboxylic acids is 1. The molecule has 6 nitrogen and oxygen atoms in total. The van der Waals surface area contributed by atoms with Gasteiger partial charge in [0.15, 0.2) is 0 Å². The van der Waals surface area contributed by atoms with Crippen molar-refractivity contribution in [1.29, 1.82) is 0 Å². The maximum atomic E-state index is 13.8. The van der Waals surface area contributed by atoms with Crippen LogP contribution in [-0.4, -0.2) is 66.1 Å². The van der Waals surface area contributed by atoms with Crippen molar-refractivity contribution < 1.29 is 19.4 Å². The molecule has 0 atom stereocenters. The molecule has 2 heterocycles. The van der Waals surface area contributed by atoms with Crippen molar-refractivity contribution in [2.24, 2.45) is 5.41 Å². The van der Waals surface area contributed by atoms with Crippen molar-refractivity contribution in [2.45, 2.75) is 46.0 Å². The van der Waals surface area contributed by atoms with E-state index in [1.165, 1.54) is 31.5 Å². The fourth-order valence-electron chi connectivity index (χ4n) is 7.09. The summed E-state index contributed by atoms with van der Waals surface area (Å²) in [5, 5.41) is 11.6. The molecule has 2 aliphatic heterocycles. The molecule has 0 spiro atoms. The molecule has 0 radical (unpaired) electrons. The molecule has 1 fully saturated rings. The van der Waals surface area contributed by atoms with Crippen LogP contribution in [-0.2, 0) is 11.2 Å². The average molecular weight is 643 g/mol. The van der Waals surface area contributed by atoms with Crippen LogP contribution in [0.15, 0.2) is 103 Å². The fraction of sp³-hybridized carbons (Fsp3) is 0.333. The van der Waals surface area contributed by atoms with E-state index in [0.29, 0.717) is 36.1 Å². The standard InChI is InChI=1S/C42H46N2O4/c1-42(2)22-8-23-43(30-42)24-9-27-48-36-17-14-32(15-18-36)33-20-25-44(26-21-33)40(45)39-19-16-34(37-12-6-7-13-38(37)39)29-35(41(46)47)28-31-10-4-3-5-11-31/h3-7,10-20,29H,8-9,21-28,30H2,1-2H3,(H,46,47). The molecule has 0 bridgehead atoms. The van der Waals surface area contributed by atoms with Gasteiger partial charge in [-0.15, -0.1) is 0 Å². The van der Waals surface area contributed by atoms with Gasteiger partial charge in [-0.3, -0.25) is 4.79 Å². The maximum absolute atomic E-state index is 13.8. The molecule has 6 rings (SSSR count). The molecule has 1 N–H and O–H groups in total. The third kappa shape index (κ3) is 8.23. The molecule has 48 heavy (non-hydrogen) atoms. The number of likely N-dealkylation sites (tertiary alicyclic amines) is 1. The van der Waals surface area contributed by atoms with Gasteiger partial charge in [0.25, 0.3) is 5.91 Å². The zero-order chi connectivity index (χ0) is 33.5. The summed E-state index contributed by atoms with van der Waals surface area (Å²) in [6.07, 6.45) is 8.60. The lowest BCUT2D eigenvalue weighted by Gasteiger charge is -2.38. The number of hydrogen-bond donors (Lipinski definition) is 1. The molecule has 1 saturated heterocycles. The fourth-order valence-corrected chi connectivity index (χ4v) is 7.09. The molecule has 0 unspecified atom stereocenters. The van der Waals surface area contributed by atoms with Crippen LogP contribution in [0.4, 0.5) is 0 Å². The summed E-state index contributed by atoms with van der Waals surface area (Å²) in [5.41, 5.74) is 5.48. The molecule has 1 amide bonds. The topological polar surface area (TPSA) is 70.1 Å². The predicted molar refractivity (Wildman–Crippen MR) is 194 cm³/mol. The van der Waals surface area contributed by atoms with E-state index in [1.54, 1.807) is 6.08 Å². The molecule has 4 aromatic rings. The van der Waals surface area contributed by atoms with E-state index in [-0.39, 0.29) is 5.91 Å². The minimum atomic E-state index is -0.950. The first-order chi connectivity index (χ1) is 23.3. The molecule has 4 aromatic carbocycles. The highest BCUT2D eigenvalue weighted by Gasteiger charge is 2.26. The Balaban J connectivity index is 1.08. The van der Waals surface area contributed by atoms with Gasteiger partial charge >= 0.3 is 5.97 Å². The zero-order valence-electron chi connectivity index (χ0n) is 28.2. The van der Waals surface area contributed by atoms with Crippen LogP contribution in [0.2, 0.25) is 0 Å². The summed E-state index contributed by atoms with van der Waals surface area (Å²) in [6.45, 7) is 10.1. The lowest BCUT2D eigenvalue weighted by molar-refractivity contribution is -0.132. The molecular weight excluding hydrogens is 596 g/mol. The van der Waals surface area contributed by atoms with E-state index in [2.05, 4.69) is 49.1 Å². The van der Waals surface area contributed by atoms with Crippen LogP contribution < -0.4 is 4.74 Å². The van der Waals surface area contributed by atoms with Gasteiger partial charge in [0.2, 0.25) is 0 Å². The number of hydrogen-bond acceptors (Lipinski definition) is 4. The molecule has 0 saturated carbocycles. The first kappa shape index (κ1) is 33.2. The van der Waals surface area contributed by atoms with Crippen molar-refractivity contribution >= 4 is 34.3 Å². The lowest BCUT2D eigenvalue weighted by atomic mass is 9.84. The highest BCUT2D eigenvalue weighted by Crippen LogP contribution is 2.30. The average Bonchev–Trinajstić information content (AvgIpc) is 3.10. The van der Waals surface area contributed by atoms with Crippen LogP contribution in [0.1, 0.15) is 66.6 Å². The number of piperidine rings is 1. The van der Waals surface area contributed by atoms with E-state index >= 15 is 0 Å². The summed E-state index contributed by atoms with van der Waals surface area (Å²) < 4.78 is 6.06. The number of fused-ring (bicyclic) bond motifs is 1. The van der Waals surface area contributed by atoms with Crippen molar-refractivity contribution in [3.63, 3.8) is 0 Å². The Kier molecular flexibility index (Phi) is 10.4. The molecule has 2 aliphatic rings. The zero-order valence-corrected chi connectivity index (χ0v) is 28.2. The van der Waals surface area contributed by atoms with E-state index in [9.17, 15) is 14.7 Å². The monoisotopic (exact) mass is 642 g/mol. The highest BCUT2D eigenvalue weighted by molar-refractivity contribution is 6.10. The van der Waals surface area contributed by atoms with Crippen LogP contribution >= 0.6 is 0 Å². The van der Waals surface area contributed by atoms with Crippen LogP contribution in [0.5, 0.6) is 5.75 Å². The normalized spacial score (nSPS) is 16.8. The Hall–Kier alpha value is -4.68. The van der Waals surface area contributed by atoms with Gasteiger partial charge in [0, 0.05) is 43.7 Å². The highest BCUT2D eigenvalue weighted by atomic mass is 16.5. The largest absolute Gasteiger partial charge is 0.494 e. The van der Waals surface area contributed by atoms with Gasteiger partial charge in [0.05, 0.1) is 6.61 Å². The van der Waals surface area contributed by atoms with E-state index in [0.717, 1.165) is 59.2 Å². The summed E-state index contributed by atoms with van der Waals surface area (Å²) in [5.74, 6) is -0.0723. The number of benzene rings is 4. The third-order valence-corrected chi connectivity index (χ3v) is 9.62. The third-order valence-electron chi connectivity index (χ3n) is 9.62. The van der Waals surface area contributed by atoms with Gasteiger partial charge in [-0.1, -0.05) is 92.7 Å². The minimum Gasteiger partial charge on any atom is -0.494 e. The number of carbonyl (C=O) groups excluding carboxylic acids is 1. The Morgan fingerprint density at radius 1 is 0.896 bits per heavy atom. The number of carboxylic acid groups (broad SMARTS) is 1. The van der Waals surface area contributed by atoms with Crippen molar-refractivity contribution in [3.05, 3.63) is 125 Å². The first-order valence-electron chi connectivity index (χ1n) is 17.2. The van der Waals surface area contributed by atoms with Gasteiger partial charge in [-0.25, -0.2) is 4.79 Å². The van der Waals surface area contributed by atoms with Gasteiger partial charge in [-0.2, -0.15) is 0 Å². The first-order valence-corrected chi connectivity index (χ1v) is 17.2. The molecular formula is C42H46N2O4. The number of ether oxygens (including phenoxy) is 1. The number of rotatable bonds is 11. The second-order valence-corrected chi connectivity index (χ2v) is 13.9. The van der Waals surface area contributed by atoms with Crippen LogP contribution in [0.25, 0.3) is 22.4 Å². The van der Waals surface area contributed by atoms with E-state index < -0.39 is 5.97 Å². The molecule has 6 heteroatoms. The Morgan fingerprint density at radius 2 is 1.65 bits per heavy atom. The molecule has 0 aromatic heterocycles. The SMILES string of the molecule is CC1(C)CCCN(CCCOc2ccc(C3=CCN(C(=O)c4ccc(C=C(Cc5ccccc5)C(=O)O)c5ccccc45)CC3)cc2)C1. The second kappa shape index (κ2) is 15.0.